The molecule has 0 fully saturated rings. The Morgan fingerprint density at radius 1 is 0.729 bits per heavy atom. The Morgan fingerprint density at radius 2 is 1.23 bits per heavy atom. The molecule has 70 heavy (non-hydrogen) atoms. The Hall–Kier alpha value is -5.90. The molecule has 0 radical (unpaired) electrons. The Balaban J connectivity index is 1.51. The maximum Gasteiger partial charge on any atom is 0.419 e. The SMILES string of the molecule is C[C@@H](O[Si](C)(C)C(C)(C)C)[C@H](NC(=O)OC(C)(C)C)C(=O)NCCN(C(=O)CCSC(c1ccccc1)(c1ccccc1)c1ccccc1)[C@@H](Cc1cn(C(=O)OC(C)(C)C)c2ccccc12)C(=O)O. The molecule has 1 heterocycles. The van der Waals surface area contributed by atoms with E-state index in [1.807, 2.05) is 67.7 Å². The Morgan fingerprint density at radius 3 is 1.71 bits per heavy atom. The Bertz CT molecular complexity index is 2470. The van der Waals surface area contributed by atoms with Crippen LogP contribution in [0.15, 0.2) is 121 Å². The van der Waals surface area contributed by atoms with Gasteiger partial charge < -0.3 is 34.5 Å². The van der Waals surface area contributed by atoms with Gasteiger partial charge in [-0.2, -0.15) is 0 Å². The summed E-state index contributed by atoms with van der Waals surface area (Å²) in [4.78, 5) is 70.7. The van der Waals surface area contributed by atoms with Crippen LogP contribution >= 0.6 is 11.8 Å². The van der Waals surface area contributed by atoms with Crippen LogP contribution in [0.5, 0.6) is 0 Å². The lowest BCUT2D eigenvalue weighted by Crippen LogP contribution is -2.58. The molecule has 13 nitrogen and oxygen atoms in total. The van der Waals surface area contributed by atoms with Crippen LogP contribution in [-0.4, -0.2) is 101 Å². The summed E-state index contributed by atoms with van der Waals surface area (Å²) in [6.45, 7) is 22.1. The van der Waals surface area contributed by atoms with Crippen molar-refractivity contribution in [3.63, 3.8) is 0 Å². The van der Waals surface area contributed by atoms with Gasteiger partial charge in [-0.1, -0.05) is 130 Å². The summed E-state index contributed by atoms with van der Waals surface area (Å²) in [7, 11) is -2.46. The molecule has 3 atom stereocenters. The highest BCUT2D eigenvalue weighted by Crippen LogP contribution is 2.48. The first-order valence-corrected chi connectivity index (χ1v) is 27.7. The summed E-state index contributed by atoms with van der Waals surface area (Å²) < 4.78 is 18.5. The number of rotatable bonds is 19. The third-order valence-electron chi connectivity index (χ3n) is 12.3. The minimum atomic E-state index is -2.46. The van der Waals surface area contributed by atoms with Crippen molar-refractivity contribution in [1.82, 2.24) is 20.1 Å². The standard InChI is InChI=1S/C55H72N4O9SSi/c1-38(68-70(11,12)54(8,9)10)47(57-50(64)66-52(2,3)4)48(61)56-33-34-58(45(49(62)63)36-39-37-59(51(65)67-53(5,6)7)44-31-23-22-30-43(39)44)46(60)32-35-69-55(40-24-16-13-17-25-40,41-26-18-14-19-27-41)42-28-20-15-21-29-42/h13-31,37-38,45,47H,32-36H2,1-12H3,(H,56,61)(H,57,64)(H,62,63)/t38-,45+,47+/m1/s1. The predicted octanol–water partition coefficient (Wildman–Crippen LogP) is 10.8. The van der Waals surface area contributed by atoms with Gasteiger partial charge in [0.05, 0.1) is 16.4 Å². The smallest absolute Gasteiger partial charge is 0.419 e. The van der Waals surface area contributed by atoms with E-state index in [0.717, 1.165) is 16.7 Å². The lowest BCUT2D eigenvalue weighted by atomic mass is 9.84. The fourth-order valence-electron chi connectivity index (χ4n) is 8.02. The third kappa shape index (κ3) is 14.1. The number of aromatic nitrogens is 1. The van der Waals surface area contributed by atoms with Crippen molar-refractivity contribution in [3.05, 3.63) is 144 Å². The number of carboxylic acids is 1. The van der Waals surface area contributed by atoms with Crippen LogP contribution in [0.2, 0.25) is 18.1 Å². The van der Waals surface area contributed by atoms with Gasteiger partial charge in [0, 0.05) is 43.3 Å². The molecule has 0 unspecified atom stereocenters. The number of fused-ring (bicyclic) bond motifs is 1. The summed E-state index contributed by atoms with van der Waals surface area (Å²) in [5, 5.41) is 17.1. The molecule has 0 aliphatic heterocycles. The van der Waals surface area contributed by atoms with Gasteiger partial charge >= 0.3 is 18.2 Å². The van der Waals surface area contributed by atoms with E-state index in [9.17, 15) is 29.1 Å². The second-order valence-corrected chi connectivity index (χ2v) is 27.1. The van der Waals surface area contributed by atoms with E-state index in [4.69, 9.17) is 13.9 Å². The number of aliphatic carboxylic acids is 1. The number of nitrogens with zero attached hydrogens (tertiary/aromatic N) is 2. The molecule has 5 rings (SSSR count). The summed E-state index contributed by atoms with van der Waals surface area (Å²) in [6.07, 6.45) is -0.871. The van der Waals surface area contributed by atoms with E-state index in [1.54, 1.807) is 90.7 Å². The molecule has 0 saturated carbocycles. The fourth-order valence-corrected chi connectivity index (χ4v) is 10.9. The number of ether oxygens (including phenoxy) is 2. The molecule has 376 valence electrons. The van der Waals surface area contributed by atoms with Crippen molar-refractivity contribution in [2.45, 2.75) is 134 Å². The van der Waals surface area contributed by atoms with Crippen LogP contribution in [0.1, 0.15) is 97.9 Å². The molecule has 3 N–H and O–H groups in total. The average molecular weight is 993 g/mol. The van der Waals surface area contributed by atoms with E-state index >= 15 is 0 Å². The Labute approximate surface area is 419 Å². The molecular weight excluding hydrogens is 921 g/mol. The highest BCUT2D eigenvalue weighted by atomic mass is 32.2. The van der Waals surface area contributed by atoms with Crippen LogP contribution in [0, 0.1) is 0 Å². The van der Waals surface area contributed by atoms with Crippen molar-refractivity contribution < 1.29 is 43.0 Å². The van der Waals surface area contributed by atoms with Gasteiger partial charge in [-0.15, -0.1) is 11.8 Å². The highest BCUT2D eigenvalue weighted by molar-refractivity contribution is 8.00. The van der Waals surface area contributed by atoms with Crippen molar-refractivity contribution in [2.75, 3.05) is 18.8 Å². The van der Waals surface area contributed by atoms with Crippen molar-refractivity contribution in [1.29, 1.82) is 0 Å². The van der Waals surface area contributed by atoms with E-state index in [0.29, 0.717) is 16.5 Å². The molecule has 0 spiro atoms. The maximum atomic E-state index is 14.9. The van der Waals surface area contributed by atoms with Gasteiger partial charge in [0.25, 0.3) is 0 Å². The van der Waals surface area contributed by atoms with Crippen LogP contribution in [0.3, 0.4) is 0 Å². The van der Waals surface area contributed by atoms with Crippen molar-refractivity contribution in [2.24, 2.45) is 0 Å². The third-order valence-corrected chi connectivity index (χ3v) is 18.4. The first-order chi connectivity index (χ1) is 32.7. The van der Waals surface area contributed by atoms with Crippen LogP contribution < -0.4 is 10.6 Å². The number of alkyl carbamates (subject to hydrolysis) is 1. The molecule has 1 aromatic heterocycles. The van der Waals surface area contributed by atoms with E-state index < -0.39 is 72.4 Å². The van der Waals surface area contributed by atoms with Gasteiger partial charge in [0.15, 0.2) is 8.32 Å². The second kappa shape index (κ2) is 22.9. The van der Waals surface area contributed by atoms with E-state index in [2.05, 4.69) is 67.8 Å². The van der Waals surface area contributed by atoms with Gasteiger partial charge in [0.1, 0.15) is 23.3 Å². The van der Waals surface area contributed by atoms with Crippen molar-refractivity contribution >= 4 is 61.0 Å². The summed E-state index contributed by atoms with van der Waals surface area (Å²) in [6, 6.07) is 34.8. The number of thioether (sulfide) groups is 1. The minimum absolute atomic E-state index is 0.0590. The predicted molar refractivity (Wildman–Crippen MR) is 281 cm³/mol. The normalized spacial score (nSPS) is 13.7. The van der Waals surface area contributed by atoms with Gasteiger partial charge in [-0.25, -0.2) is 14.4 Å². The topological polar surface area (TPSA) is 165 Å². The number of amides is 3. The molecule has 4 aromatic carbocycles. The number of carbonyl (C=O) groups excluding carboxylic acids is 4. The van der Waals surface area contributed by atoms with Crippen LogP contribution in [0.4, 0.5) is 9.59 Å². The lowest BCUT2D eigenvalue weighted by molar-refractivity contribution is -0.150. The number of carbonyl (C=O) groups is 5. The van der Waals surface area contributed by atoms with Gasteiger partial charge in [0.2, 0.25) is 11.8 Å². The summed E-state index contributed by atoms with van der Waals surface area (Å²) in [5.74, 6) is -2.03. The summed E-state index contributed by atoms with van der Waals surface area (Å²) in [5.41, 5.74) is 2.42. The van der Waals surface area contributed by atoms with Crippen LogP contribution in [-0.2, 0) is 39.5 Å². The Kier molecular flexibility index (Phi) is 18.0. The molecule has 0 bridgehead atoms. The van der Waals surface area contributed by atoms with E-state index in [-0.39, 0.29) is 36.7 Å². The average Bonchev–Trinajstić information content (AvgIpc) is 3.65. The number of hydrogen-bond acceptors (Lipinski definition) is 9. The van der Waals surface area contributed by atoms with Crippen LogP contribution in [0.25, 0.3) is 10.9 Å². The van der Waals surface area contributed by atoms with Gasteiger partial charge in [-0.3, -0.25) is 14.2 Å². The van der Waals surface area contributed by atoms with Gasteiger partial charge in [-0.05, 0) is 94.9 Å². The monoisotopic (exact) mass is 992 g/mol. The van der Waals surface area contributed by atoms with E-state index in [1.165, 1.54) is 9.47 Å². The largest absolute Gasteiger partial charge is 0.480 e. The number of carboxylic acid groups (broad SMARTS) is 1. The second-order valence-electron chi connectivity index (χ2n) is 21.0. The number of para-hydroxylation sites is 1. The lowest BCUT2D eigenvalue weighted by Gasteiger charge is -2.40. The summed E-state index contributed by atoms with van der Waals surface area (Å²) >= 11 is 1.58. The molecule has 0 aliphatic rings. The number of hydrogen-bond donors (Lipinski definition) is 3. The first kappa shape index (κ1) is 55.0. The fraction of sp³-hybridized carbons (Fsp3) is 0.436. The molecule has 15 heteroatoms. The zero-order valence-corrected chi connectivity index (χ0v) is 44.6. The quantitative estimate of drug-likeness (QED) is 0.0535. The number of nitrogens with one attached hydrogen (secondary N) is 2. The molecule has 0 saturated heterocycles. The molecule has 3 amide bonds. The first-order valence-electron chi connectivity index (χ1n) is 23.8. The number of benzene rings is 4. The highest BCUT2D eigenvalue weighted by Gasteiger charge is 2.42. The maximum absolute atomic E-state index is 14.9. The zero-order chi connectivity index (χ0) is 51.7. The molecular formula is C55H72N4O9SSi. The molecule has 0 aliphatic carbocycles. The zero-order valence-electron chi connectivity index (χ0n) is 42.8. The molecule has 5 aromatic rings. The van der Waals surface area contributed by atoms with Crippen molar-refractivity contribution in [3.8, 4) is 0 Å². The minimum Gasteiger partial charge on any atom is -0.480 e.